The summed E-state index contributed by atoms with van der Waals surface area (Å²) in [6.45, 7) is 0.563. The normalized spacial score (nSPS) is 12.3. The average Bonchev–Trinajstić information content (AvgIpc) is 3.05. The Labute approximate surface area is 143 Å². The van der Waals surface area contributed by atoms with Crippen LogP contribution in [-0.2, 0) is 12.3 Å². The van der Waals surface area contributed by atoms with Crippen molar-refractivity contribution in [3.05, 3.63) is 76.7 Å². The molecule has 0 saturated heterocycles. The van der Waals surface area contributed by atoms with Crippen LogP contribution in [0.15, 0.2) is 65.6 Å². The van der Waals surface area contributed by atoms with Crippen molar-refractivity contribution in [1.82, 2.24) is 5.32 Å². The van der Waals surface area contributed by atoms with Gasteiger partial charge in [-0.2, -0.15) is 0 Å². The molecule has 4 heteroatoms. The zero-order valence-corrected chi connectivity index (χ0v) is 14.0. The van der Waals surface area contributed by atoms with Gasteiger partial charge in [-0.3, -0.25) is 4.79 Å². The first-order valence-electron chi connectivity index (χ1n) is 7.48. The van der Waals surface area contributed by atoms with E-state index in [-0.39, 0.29) is 5.91 Å². The molecule has 1 aliphatic rings. The number of thiophene rings is 1. The Morgan fingerprint density at radius 2 is 1.83 bits per heavy atom. The standard InChI is InChI=1S/C19H15NOS2/c21-19(20-11-13-6-2-1-3-7-13)17-10-14-12-22-16-9-5-4-8-15(16)18(14)23-17/h1-10H,11-12H2,(H,20,21). The van der Waals surface area contributed by atoms with Crippen LogP contribution in [-0.4, -0.2) is 5.91 Å². The minimum absolute atomic E-state index is 0.00994. The van der Waals surface area contributed by atoms with E-state index in [9.17, 15) is 4.79 Å². The van der Waals surface area contributed by atoms with Gasteiger partial charge in [0.2, 0.25) is 0 Å². The van der Waals surface area contributed by atoms with E-state index in [0.29, 0.717) is 6.54 Å². The number of carbonyl (C=O) groups excluding carboxylic acids is 1. The maximum atomic E-state index is 12.4. The van der Waals surface area contributed by atoms with Gasteiger partial charge in [0.15, 0.2) is 0 Å². The zero-order chi connectivity index (χ0) is 15.6. The number of hydrogen-bond donors (Lipinski definition) is 1. The topological polar surface area (TPSA) is 29.1 Å². The maximum Gasteiger partial charge on any atom is 0.261 e. The lowest BCUT2D eigenvalue weighted by Crippen LogP contribution is -2.21. The summed E-state index contributed by atoms with van der Waals surface area (Å²) >= 11 is 3.44. The Kier molecular flexibility index (Phi) is 3.93. The summed E-state index contributed by atoms with van der Waals surface area (Å²) in [4.78, 5) is 15.8. The molecule has 0 atom stereocenters. The van der Waals surface area contributed by atoms with Gasteiger partial charge in [0.25, 0.3) is 5.91 Å². The number of amides is 1. The van der Waals surface area contributed by atoms with Crippen LogP contribution in [0.4, 0.5) is 0 Å². The third-order valence-corrected chi connectivity index (χ3v) is 6.18. The van der Waals surface area contributed by atoms with Gasteiger partial charge in [-0.25, -0.2) is 0 Å². The van der Waals surface area contributed by atoms with Crippen LogP contribution < -0.4 is 5.32 Å². The third kappa shape index (κ3) is 2.92. The van der Waals surface area contributed by atoms with Gasteiger partial charge in [0, 0.05) is 27.6 Å². The van der Waals surface area contributed by atoms with Crippen molar-refractivity contribution in [2.24, 2.45) is 0 Å². The summed E-state index contributed by atoms with van der Waals surface area (Å²) < 4.78 is 0. The van der Waals surface area contributed by atoms with E-state index in [1.807, 2.05) is 48.2 Å². The molecule has 1 amide bonds. The van der Waals surface area contributed by atoms with Crippen LogP contribution in [0.2, 0.25) is 0 Å². The van der Waals surface area contributed by atoms with Crippen molar-refractivity contribution in [1.29, 1.82) is 0 Å². The fourth-order valence-corrected chi connectivity index (χ4v) is 5.01. The van der Waals surface area contributed by atoms with E-state index in [1.165, 1.54) is 20.9 Å². The van der Waals surface area contributed by atoms with Gasteiger partial charge in [0.1, 0.15) is 0 Å². The molecule has 114 valence electrons. The summed E-state index contributed by atoms with van der Waals surface area (Å²) in [6, 6.07) is 20.5. The minimum atomic E-state index is 0.00994. The Bertz CT molecular complexity index is 855. The Morgan fingerprint density at radius 3 is 2.70 bits per heavy atom. The maximum absolute atomic E-state index is 12.4. The highest BCUT2D eigenvalue weighted by Gasteiger charge is 2.21. The number of benzene rings is 2. The van der Waals surface area contributed by atoms with Crippen LogP contribution in [0.25, 0.3) is 10.4 Å². The minimum Gasteiger partial charge on any atom is -0.347 e. The number of hydrogen-bond acceptors (Lipinski definition) is 3. The second kappa shape index (κ2) is 6.22. The fraction of sp³-hybridized carbons (Fsp3) is 0.105. The molecule has 2 aromatic carbocycles. The lowest BCUT2D eigenvalue weighted by molar-refractivity contribution is 0.0955. The predicted molar refractivity (Wildman–Crippen MR) is 96.9 cm³/mol. The van der Waals surface area contributed by atoms with Crippen molar-refractivity contribution in [2.45, 2.75) is 17.2 Å². The number of rotatable bonds is 3. The molecule has 23 heavy (non-hydrogen) atoms. The number of fused-ring (bicyclic) bond motifs is 3. The summed E-state index contributed by atoms with van der Waals surface area (Å²) in [6.07, 6.45) is 0. The van der Waals surface area contributed by atoms with E-state index in [1.54, 1.807) is 11.3 Å². The molecule has 1 aromatic heterocycles. The van der Waals surface area contributed by atoms with Crippen LogP contribution >= 0.6 is 23.1 Å². The SMILES string of the molecule is O=C(NCc1ccccc1)c1cc2c(s1)-c1ccccc1SC2. The smallest absolute Gasteiger partial charge is 0.261 e. The van der Waals surface area contributed by atoms with E-state index >= 15 is 0 Å². The van der Waals surface area contributed by atoms with E-state index in [2.05, 4.69) is 29.6 Å². The van der Waals surface area contributed by atoms with E-state index in [4.69, 9.17) is 0 Å². The summed E-state index contributed by atoms with van der Waals surface area (Å²) in [5.74, 6) is 0.949. The van der Waals surface area contributed by atoms with Gasteiger partial charge in [-0.05, 0) is 23.3 Å². The van der Waals surface area contributed by atoms with Gasteiger partial charge >= 0.3 is 0 Å². The van der Waals surface area contributed by atoms with Crippen molar-refractivity contribution < 1.29 is 4.79 Å². The van der Waals surface area contributed by atoms with Crippen LogP contribution in [0, 0.1) is 0 Å². The monoisotopic (exact) mass is 337 g/mol. The molecule has 4 rings (SSSR count). The highest BCUT2D eigenvalue weighted by atomic mass is 32.2. The molecule has 3 aromatic rings. The van der Waals surface area contributed by atoms with Crippen molar-refractivity contribution in [3.8, 4) is 10.4 Å². The molecule has 0 spiro atoms. The molecule has 1 aliphatic heterocycles. The van der Waals surface area contributed by atoms with Gasteiger partial charge < -0.3 is 5.32 Å². The van der Waals surface area contributed by atoms with Crippen LogP contribution in [0.5, 0.6) is 0 Å². The third-order valence-electron chi connectivity index (χ3n) is 3.84. The lowest BCUT2D eigenvalue weighted by atomic mass is 10.1. The molecule has 0 unspecified atom stereocenters. The quantitative estimate of drug-likeness (QED) is 0.732. The number of carbonyl (C=O) groups is 1. The average molecular weight is 337 g/mol. The van der Waals surface area contributed by atoms with Crippen molar-refractivity contribution in [2.75, 3.05) is 0 Å². The Balaban J connectivity index is 1.55. The molecule has 2 heterocycles. The van der Waals surface area contributed by atoms with Gasteiger partial charge in [-0.15, -0.1) is 23.1 Å². The number of thioether (sulfide) groups is 1. The molecule has 0 saturated carbocycles. The summed E-state index contributed by atoms with van der Waals surface area (Å²) in [7, 11) is 0. The Morgan fingerprint density at radius 1 is 1.04 bits per heavy atom. The van der Waals surface area contributed by atoms with Crippen LogP contribution in [0.1, 0.15) is 20.8 Å². The van der Waals surface area contributed by atoms with E-state index in [0.717, 1.165) is 16.2 Å². The first-order valence-corrected chi connectivity index (χ1v) is 9.28. The predicted octanol–water partition coefficient (Wildman–Crippen LogP) is 4.95. The molecular formula is C19H15NOS2. The second-order valence-electron chi connectivity index (χ2n) is 5.42. The fourth-order valence-electron chi connectivity index (χ4n) is 2.68. The highest BCUT2D eigenvalue weighted by molar-refractivity contribution is 7.98. The molecule has 0 bridgehead atoms. The van der Waals surface area contributed by atoms with Crippen LogP contribution in [0.3, 0.4) is 0 Å². The molecular weight excluding hydrogens is 322 g/mol. The summed E-state index contributed by atoms with van der Waals surface area (Å²) in [5, 5.41) is 3.01. The van der Waals surface area contributed by atoms with Crippen molar-refractivity contribution in [3.63, 3.8) is 0 Å². The molecule has 2 nitrogen and oxygen atoms in total. The Hall–Kier alpha value is -2.04. The van der Waals surface area contributed by atoms with Gasteiger partial charge in [-0.1, -0.05) is 48.5 Å². The largest absolute Gasteiger partial charge is 0.347 e. The molecule has 0 radical (unpaired) electrons. The lowest BCUT2D eigenvalue weighted by Gasteiger charge is -2.14. The number of nitrogens with one attached hydrogen (secondary N) is 1. The first kappa shape index (κ1) is 14.5. The first-order chi connectivity index (χ1) is 11.3. The molecule has 0 aliphatic carbocycles. The van der Waals surface area contributed by atoms with Crippen molar-refractivity contribution >= 4 is 29.0 Å². The second-order valence-corrected chi connectivity index (χ2v) is 7.49. The highest BCUT2D eigenvalue weighted by Crippen LogP contribution is 2.45. The summed E-state index contributed by atoms with van der Waals surface area (Å²) in [5.41, 5.74) is 3.64. The molecule has 0 fully saturated rings. The molecule has 1 N–H and O–H groups in total. The zero-order valence-electron chi connectivity index (χ0n) is 12.4. The van der Waals surface area contributed by atoms with Gasteiger partial charge in [0.05, 0.1) is 4.88 Å². The van der Waals surface area contributed by atoms with E-state index < -0.39 is 0 Å².